The molecule has 1 aromatic rings. The zero-order valence-electron chi connectivity index (χ0n) is 11.8. The Bertz CT molecular complexity index is 501. The van der Waals surface area contributed by atoms with E-state index in [4.69, 9.17) is 0 Å². The van der Waals surface area contributed by atoms with Gasteiger partial charge in [0.05, 0.1) is 4.92 Å². The number of nitro groups is 1. The zero-order valence-corrected chi connectivity index (χ0v) is 11.8. The van der Waals surface area contributed by atoms with E-state index in [2.05, 4.69) is 16.0 Å². The molecule has 1 atom stereocenters. The van der Waals surface area contributed by atoms with Gasteiger partial charge in [-0.3, -0.25) is 14.9 Å². The van der Waals surface area contributed by atoms with E-state index in [1.807, 2.05) is 0 Å². The number of amides is 1. The van der Waals surface area contributed by atoms with Crippen LogP contribution in [-0.4, -0.2) is 36.5 Å². The molecule has 1 unspecified atom stereocenters. The number of rotatable bonds is 7. The Labute approximate surface area is 123 Å². The summed E-state index contributed by atoms with van der Waals surface area (Å²) in [5, 5.41) is 19.9. The van der Waals surface area contributed by atoms with E-state index in [-0.39, 0.29) is 17.6 Å². The van der Waals surface area contributed by atoms with Crippen LogP contribution in [0, 0.1) is 10.1 Å². The topological polar surface area (TPSA) is 96.3 Å². The van der Waals surface area contributed by atoms with Crippen LogP contribution in [0.4, 0.5) is 11.4 Å². The summed E-state index contributed by atoms with van der Waals surface area (Å²) in [4.78, 5) is 22.1. The summed E-state index contributed by atoms with van der Waals surface area (Å²) in [6.45, 7) is 1.88. The largest absolute Gasteiger partial charge is 0.378 e. The standard InChI is InChI=1S/C14H20N4O3/c19-14(10-11-4-3-7-15-11)17-9-8-16-12-5-1-2-6-13(12)18(20)21/h1-2,5-6,11,15-16H,3-4,7-10H2,(H,17,19). The molecule has 7 heteroatoms. The molecule has 1 aliphatic heterocycles. The van der Waals surface area contributed by atoms with E-state index in [9.17, 15) is 14.9 Å². The minimum absolute atomic E-state index is 0.0127. The minimum Gasteiger partial charge on any atom is -0.378 e. The smallest absolute Gasteiger partial charge is 0.292 e. The third-order valence-corrected chi connectivity index (χ3v) is 3.46. The van der Waals surface area contributed by atoms with Crippen molar-refractivity contribution in [2.75, 3.05) is 25.0 Å². The first-order chi connectivity index (χ1) is 10.2. The number of benzene rings is 1. The van der Waals surface area contributed by atoms with Crippen molar-refractivity contribution in [3.8, 4) is 0 Å². The molecule has 0 aromatic heterocycles. The summed E-state index contributed by atoms with van der Waals surface area (Å²) in [6, 6.07) is 6.75. The van der Waals surface area contributed by atoms with Crippen LogP contribution in [0.1, 0.15) is 19.3 Å². The van der Waals surface area contributed by atoms with E-state index < -0.39 is 4.92 Å². The number of carbonyl (C=O) groups is 1. The highest BCUT2D eigenvalue weighted by molar-refractivity contribution is 5.76. The molecule has 1 amide bonds. The fourth-order valence-corrected chi connectivity index (χ4v) is 2.41. The van der Waals surface area contributed by atoms with Gasteiger partial charge in [-0.25, -0.2) is 0 Å². The van der Waals surface area contributed by atoms with Crippen molar-refractivity contribution in [3.63, 3.8) is 0 Å². The van der Waals surface area contributed by atoms with Crippen molar-refractivity contribution < 1.29 is 9.72 Å². The van der Waals surface area contributed by atoms with Gasteiger partial charge < -0.3 is 16.0 Å². The first-order valence-electron chi connectivity index (χ1n) is 7.14. The lowest BCUT2D eigenvalue weighted by Gasteiger charge is -2.11. The normalized spacial score (nSPS) is 17.4. The summed E-state index contributed by atoms with van der Waals surface area (Å²) in [5.74, 6) is 0.0127. The van der Waals surface area contributed by atoms with Crippen molar-refractivity contribution in [3.05, 3.63) is 34.4 Å². The summed E-state index contributed by atoms with van der Waals surface area (Å²) >= 11 is 0. The molecule has 21 heavy (non-hydrogen) atoms. The van der Waals surface area contributed by atoms with Crippen LogP contribution in [0.2, 0.25) is 0 Å². The number of para-hydroxylation sites is 2. The van der Waals surface area contributed by atoms with E-state index in [0.29, 0.717) is 25.2 Å². The Hall–Kier alpha value is -2.15. The molecule has 7 nitrogen and oxygen atoms in total. The molecular formula is C14H20N4O3. The molecule has 0 spiro atoms. The fraction of sp³-hybridized carbons (Fsp3) is 0.500. The van der Waals surface area contributed by atoms with Crippen molar-refractivity contribution in [1.82, 2.24) is 10.6 Å². The number of nitrogens with one attached hydrogen (secondary N) is 3. The lowest BCUT2D eigenvalue weighted by Crippen LogP contribution is -2.34. The predicted octanol–water partition coefficient (Wildman–Crippen LogP) is 1.26. The molecule has 1 aromatic carbocycles. The maximum absolute atomic E-state index is 11.7. The van der Waals surface area contributed by atoms with Crippen LogP contribution >= 0.6 is 0 Å². The molecule has 1 saturated heterocycles. The Morgan fingerprint density at radius 3 is 2.90 bits per heavy atom. The first kappa shape index (κ1) is 15.2. The Balaban J connectivity index is 1.69. The third-order valence-electron chi connectivity index (χ3n) is 3.46. The Morgan fingerprint density at radius 1 is 1.38 bits per heavy atom. The molecule has 0 radical (unpaired) electrons. The molecule has 1 fully saturated rings. The molecular weight excluding hydrogens is 272 g/mol. The minimum atomic E-state index is -0.424. The van der Waals surface area contributed by atoms with Crippen molar-refractivity contribution in [2.45, 2.75) is 25.3 Å². The molecule has 0 saturated carbocycles. The second kappa shape index (κ2) is 7.58. The van der Waals surface area contributed by atoms with Gasteiger partial charge in [-0.05, 0) is 25.5 Å². The van der Waals surface area contributed by atoms with Gasteiger partial charge in [-0.15, -0.1) is 0 Å². The Kier molecular flexibility index (Phi) is 5.51. The van der Waals surface area contributed by atoms with Gasteiger partial charge in [0, 0.05) is 31.6 Å². The maximum Gasteiger partial charge on any atom is 0.292 e. The van der Waals surface area contributed by atoms with Gasteiger partial charge in [0.15, 0.2) is 0 Å². The number of hydrogen-bond donors (Lipinski definition) is 3. The van der Waals surface area contributed by atoms with E-state index in [1.165, 1.54) is 6.07 Å². The van der Waals surface area contributed by atoms with Crippen molar-refractivity contribution >= 4 is 17.3 Å². The van der Waals surface area contributed by atoms with Crippen LogP contribution in [-0.2, 0) is 4.79 Å². The highest BCUT2D eigenvalue weighted by Crippen LogP contribution is 2.22. The van der Waals surface area contributed by atoms with Crippen LogP contribution in [0.25, 0.3) is 0 Å². The van der Waals surface area contributed by atoms with Gasteiger partial charge in [0.2, 0.25) is 5.91 Å². The van der Waals surface area contributed by atoms with Crippen LogP contribution < -0.4 is 16.0 Å². The summed E-state index contributed by atoms with van der Waals surface area (Å²) in [7, 11) is 0. The summed E-state index contributed by atoms with van der Waals surface area (Å²) < 4.78 is 0. The summed E-state index contributed by atoms with van der Waals surface area (Å²) in [5.41, 5.74) is 0.508. The van der Waals surface area contributed by atoms with Gasteiger partial charge in [0.1, 0.15) is 5.69 Å². The van der Waals surface area contributed by atoms with Crippen molar-refractivity contribution in [1.29, 1.82) is 0 Å². The first-order valence-corrected chi connectivity index (χ1v) is 7.14. The van der Waals surface area contributed by atoms with E-state index in [1.54, 1.807) is 18.2 Å². The number of carbonyl (C=O) groups excluding carboxylic acids is 1. The lowest BCUT2D eigenvalue weighted by molar-refractivity contribution is -0.384. The van der Waals surface area contributed by atoms with Crippen LogP contribution in [0.3, 0.4) is 0 Å². The molecule has 1 heterocycles. The molecule has 1 aliphatic rings. The van der Waals surface area contributed by atoms with E-state index in [0.717, 1.165) is 19.4 Å². The van der Waals surface area contributed by atoms with E-state index >= 15 is 0 Å². The average Bonchev–Trinajstić information content (AvgIpc) is 2.96. The van der Waals surface area contributed by atoms with Crippen molar-refractivity contribution in [2.24, 2.45) is 0 Å². The quantitative estimate of drug-likeness (QED) is 0.399. The second-order valence-electron chi connectivity index (χ2n) is 5.05. The number of nitrogens with zero attached hydrogens (tertiary/aromatic N) is 1. The lowest BCUT2D eigenvalue weighted by atomic mass is 10.1. The molecule has 2 rings (SSSR count). The Morgan fingerprint density at radius 2 is 2.19 bits per heavy atom. The van der Waals surface area contributed by atoms with Gasteiger partial charge >= 0.3 is 0 Å². The van der Waals surface area contributed by atoms with Gasteiger partial charge in [-0.1, -0.05) is 12.1 Å². The average molecular weight is 292 g/mol. The highest BCUT2D eigenvalue weighted by atomic mass is 16.6. The SMILES string of the molecule is O=C(CC1CCCN1)NCCNc1ccccc1[N+](=O)[O-]. The molecule has 114 valence electrons. The zero-order chi connectivity index (χ0) is 15.1. The molecule has 3 N–H and O–H groups in total. The number of hydrogen-bond acceptors (Lipinski definition) is 5. The number of nitro benzene ring substituents is 1. The van der Waals surface area contributed by atoms with Crippen LogP contribution in [0.5, 0.6) is 0 Å². The maximum atomic E-state index is 11.7. The van der Waals surface area contributed by atoms with Gasteiger partial charge in [-0.2, -0.15) is 0 Å². The highest BCUT2D eigenvalue weighted by Gasteiger charge is 2.17. The predicted molar refractivity (Wildman–Crippen MR) is 80.2 cm³/mol. The van der Waals surface area contributed by atoms with Gasteiger partial charge in [0.25, 0.3) is 5.69 Å². The summed E-state index contributed by atoms with van der Waals surface area (Å²) in [6.07, 6.45) is 2.66. The molecule has 0 aliphatic carbocycles. The van der Waals surface area contributed by atoms with Crippen LogP contribution in [0.15, 0.2) is 24.3 Å². The molecule has 0 bridgehead atoms. The monoisotopic (exact) mass is 292 g/mol. The fourth-order valence-electron chi connectivity index (χ4n) is 2.41. The third kappa shape index (κ3) is 4.71. The second-order valence-corrected chi connectivity index (χ2v) is 5.05. The number of anilines is 1.